The zero-order valence-corrected chi connectivity index (χ0v) is 16.7. The van der Waals surface area contributed by atoms with Crippen molar-refractivity contribution < 1.29 is 9.18 Å². The number of aryl methyl sites for hydroxylation is 1. The number of hydrogen-bond donors (Lipinski definition) is 2. The number of carbonyl (C=O) groups is 1. The Morgan fingerprint density at radius 1 is 0.967 bits per heavy atom. The van der Waals surface area contributed by atoms with Crippen LogP contribution in [-0.2, 0) is 6.42 Å². The first kappa shape index (κ1) is 19.8. The quantitative estimate of drug-likeness (QED) is 0.433. The summed E-state index contributed by atoms with van der Waals surface area (Å²) in [6.07, 6.45) is 3.81. The Bertz CT molecular complexity index is 1130. The normalized spacial score (nSPS) is 11.1. The van der Waals surface area contributed by atoms with Gasteiger partial charge in [0.05, 0.1) is 5.69 Å². The lowest BCUT2D eigenvalue weighted by atomic mass is 10.1. The van der Waals surface area contributed by atoms with Gasteiger partial charge in [-0.25, -0.2) is 4.39 Å². The number of hydrogen-bond acceptors (Lipinski definition) is 4. The molecule has 2 heterocycles. The second-order valence-corrected chi connectivity index (χ2v) is 7.35. The minimum atomic E-state index is -0.253. The summed E-state index contributed by atoms with van der Waals surface area (Å²) in [6, 6.07) is 13.7. The first-order valence-corrected chi connectivity index (χ1v) is 9.96. The average Bonchev–Trinajstić information content (AvgIpc) is 3.42. The third-order valence-corrected chi connectivity index (χ3v) is 5.12. The predicted molar refractivity (Wildman–Crippen MR) is 112 cm³/mol. The topological polar surface area (TPSA) is 90.6 Å². The van der Waals surface area contributed by atoms with Gasteiger partial charge in [0.15, 0.2) is 0 Å². The maximum atomic E-state index is 13.0. The van der Waals surface area contributed by atoms with Crippen LogP contribution in [0.25, 0.3) is 22.3 Å². The van der Waals surface area contributed by atoms with Gasteiger partial charge in [-0.05, 0) is 67.8 Å². The molecule has 2 aromatic heterocycles. The molecule has 4 rings (SSSR count). The van der Waals surface area contributed by atoms with Gasteiger partial charge in [0, 0.05) is 30.4 Å². The van der Waals surface area contributed by atoms with E-state index in [9.17, 15) is 9.18 Å². The number of aromatic amines is 2. The van der Waals surface area contributed by atoms with Crippen molar-refractivity contribution in [3.8, 4) is 11.3 Å². The highest BCUT2D eigenvalue weighted by atomic mass is 19.1. The molecule has 0 unspecified atom stereocenters. The summed E-state index contributed by atoms with van der Waals surface area (Å²) in [5.41, 5.74) is 4.82. The van der Waals surface area contributed by atoms with Crippen molar-refractivity contribution in [2.75, 3.05) is 13.6 Å². The summed E-state index contributed by atoms with van der Waals surface area (Å²) in [6.45, 7) is 0.694. The summed E-state index contributed by atoms with van der Waals surface area (Å²) in [4.78, 5) is 14.3. The SMILES string of the molecule is CN(CCCCCc1cc(-c2ccc(F)cc2)n[nH]1)C(=O)c1ccc2n[nH]nc2c1. The predicted octanol–water partition coefficient (Wildman–Crippen LogP) is 3.97. The fraction of sp³-hybridized carbons (Fsp3) is 0.273. The van der Waals surface area contributed by atoms with E-state index < -0.39 is 0 Å². The standard InChI is InChI=1S/C22H23FN6O/c1-29(22(30)16-8-11-19-21(13-16)27-28-26-19)12-4-2-3-5-18-14-20(25-24-18)15-6-9-17(23)10-7-15/h6-11,13-14H,2-5,12H2,1H3,(H,24,25)(H,26,27,28). The molecule has 0 bridgehead atoms. The van der Waals surface area contributed by atoms with Crippen LogP contribution in [0, 0.1) is 5.82 Å². The third-order valence-electron chi connectivity index (χ3n) is 5.12. The largest absolute Gasteiger partial charge is 0.342 e. The van der Waals surface area contributed by atoms with Gasteiger partial charge in [0.1, 0.15) is 16.9 Å². The summed E-state index contributed by atoms with van der Waals surface area (Å²) in [7, 11) is 1.82. The number of carbonyl (C=O) groups excluding carboxylic acids is 1. The molecule has 1 amide bonds. The highest BCUT2D eigenvalue weighted by Gasteiger charge is 2.13. The van der Waals surface area contributed by atoms with Crippen LogP contribution >= 0.6 is 0 Å². The van der Waals surface area contributed by atoms with Crippen molar-refractivity contribution in [2.24, 2.45) is 0 Å². The van der Waals surface area contributed by atoms with Gasteiger partial charge in [0.25, 0.3) is 5.91 Å². The number of nitrogens with zero attached hydrogens (tertiary/aromatic N) is 4. The fourth-order valence-electron chi connectivity index (χ4n) is 3.39. The number of amides is 1. The molecule has 0 fully saturated rings. The highest BCUT2D eigenvalue weighted by molar-refractivity contribution is 5.97. The van der Waals surface area contributed by atoms with E-state index in [2.05, 4.69) is 25.6 Å². The smallest absolute Gasteiger partial charge is 0.253 e. The Balaban J connectivity index is 1.21. The number of fused-ring (bicyclic) bond motifs is 1. The van der Waals surface area contributed by atoms with Gasteiger partial charge < -0.3 is 4.90 Å². The van der Waals surface area contributed by atoms with Gasteiger partial charge in [-0.1, -0.05) is 6.42 Å². The molecule has 4 aromatic rings. The van der Waals surface area contributed by atoms with E-state index in [1.54, 1.807) is 35.2 Å². The number of aromatic nitrogens is 5. The van der Waals surface area contributed by atoms with Crippen molar-refractivity contribution >= 4 is 16.9 Å². The van der Waals surface area contributed by atoms with Gasteiger partial charge in [-0.3, -0.25) is 9.89 Å². The molecule has 2 N–H and O–H groups in total. The molecule has 0 aliphatic heterocycles. The van der Waals surface area contributed by atoms with Crippen LogP contribution in [0.1, 0.15) is 35.3 Å². The van der Waals surface area contributed by atoms with E-state index in [1.807, 2.05) is 13.1 Å². The monoisotopic (exact) mass is 406 g/mol. The highest BCUT2D eigenvalue weighted by Crippen LogP contribution is 2.19. The van der Waals surface area contributed by atoms with E-state index in [1.165, 1.54) is 12.1 Å². The average molecular weight is 406 g/mol. The van der Waals surface area contributed by atoms with E-state index in [0.717, 1.165) is 48.2 Å². The molecule has 154 valence electrons. The number of unbranched alkanes of at least 4 members (excludes halogenated alkanes) is 2. The molecule has 0 atom stereocenters. The van der Waals surface area contributed by atoms with E-state index in [-0.39, 0.29) is 11.7 Å². The van der Waals surface area contributed by atoms with Gasteiger partial charge in [-0.2, -0.15) is 20.5 Å². The van der Waals surface area contributed by atoms with Crippen LogP contribution < -0.4 is 0 Å². The van der Waals surface area contributed by atoms with Crippen molar-refractivity contribution in [2.45, 2.75) is 25.7 Å². The van der Waals surface area contributed by atoms with Crippen molar-refractivity contribution in [3.63, 3.8) is 0 Å². The van der Waals surface area contributed by atoms with Crippen LogP contribution in [0.3, 0.4) is 0 Å². The van der Waals surface area contributed by atoms with E-state index in [0.29, 0.717) is 17.6 Å². The molecule has 8 heteroatoms. The van der Waals surface area contributed by atoms with Crippen LogP contribution in [0.5, 0.6) is 0 Å². The maximum absolute atomic E-state index is 13.0. The Hall–Kier alpha value is -3.55. The molecular weight excluding hydrogens is 383 g/mol. The van der Waals surface area contributed by atoms with Crippen LogP contribution in [0.2, 0.25) is 0 Å². The van der Waals surface area contributed by atoms with Crippen molar-refractivity contribution in [1.82, 2.24) is 30.5 Å². The Morgan fingerprint density at radius 2 is 1.77 bits per heavy atom. The zero-order chi connectivity index (χ0) is 20.9. The molecule has 2 aromatic carbocycles. The van der Waals surface area contributed by atoms with Gasteiger partial charge >= 0.3 is 0 Å². The third kappa shape index (κ3) is 4.53. The molecule has 0 aliphatic rings. The Morgan fingerprint density at radius 3 is 2.60 bits per heavy atom. The lowest BCUT2D eigenvalue weighted by Gasteiger charge is -2.17. The number of H-pyrrole nitrogens is 2. The lowest BCUT2D eigenvalue weighted by molar-refractivity contribution is 0.0792. The minimum Gasteiger partial charge on any atom is -0.342 e. The number of benzene rings is 2. The molecule has 7 nitrogen and oxygen atoms in total. The van der Waals surface area contributed by atoms with Gasteiger partial charge in [0.2, 0.25) is 0 Å². The molecule has 0 spiro atoms. The number of halogens is 1. The summed E-state index contributed by atoms with van der Waals surface area (Å²) >= 11 is 0. The Kier molecular flexibility index (Phi) is 5.83. The van der Waals surface area contributed by atoms with Crippen LogP contribution in [0.4, 0.5) is 4.39 Å². The molecule has 0 radical (unpaired) electrons. The molecule has 0 aliphatic carbocycles. The van der Waals surface area contributed by atoms with Gasteiger partial charge in [-0.15, -0.1) is 0 Å². The molecule has 0 saturated heterocycles. The second kappa shape index (κ2) is 8.86. The lowest BCUT2D eigenvalue weighted by Crippen LogP contribution is -2.27. The minimum absolute atomic E-state index is 0.0163. The van der Waals surface area contributed by atoms with Crippen LogP contribution in [0.15, 0.2) is 48.5 Å². The zero-order valence-electron chi connectivity index (χ0n) is 16.7. The van der Waals surface area contributed by atoms with Crippen molar-refractivity contribution in [3.05, 3.63) is 65.6 Å². The first-order valence-electron chi connectivity index (χ1n) is 9.96. The molecular formula is C22H23FN6O. The van der Waals surface area contributed by atoms with Crippen molar-refractivity contribution in [1.29, 1.82) is 0 Å². The molecule has 0 saturated carbocycles. The van der Waals surface area contributed by atoms with E-state index in [4.69, 9.17) is 0 Å². The molecule has 30 heavy (non-hydrogen) atoms. The fourth-order valence-corrected chi connectivity index (χ4v) is 3.39. The maximum Gasteiger partial charge on any atom is 0.253 e. The number of nitrogens with one attached hydrogen (secondary N) is 2. The summed E-state index contributed by atoms with van der Waals surface area (Å²) < 4.78 is 13.0. The Labute approximate surface area is 173 Å². The second-order valence-electron chi connectivity index (χ2n) is 7.35. The van der Waals surface area contributed by atoms with Crippen LogP contribution in [-0.4, -0.2) is 50.0 Å². The van der Waals surface area contributed by atoms with E-state index >= 15 is 0 Å². The summed E-state index contributed by atoms with van der Waals surface area (Å²) in [5, 5.41) is 17.9. The first-order chi connectivity index (χ1) is 14.6. The number of rotatable bonds is 8. The summed E-state index contributed by atoms with van der Waals surface area (Å²) in [5.74, 6) is -0.269.